The fourth-order valence-electron chi connectivity index (χ4n) is 1.97. The lowest BCUT2D eigenvalue weighted by molar-refractivity contribution is -0.147. The molecule has 0 aliphatic heterocycles. The number of aliphatic carboxylic acids is 1. The lowest BCUT2D eigenvalue weighted by atomic mass is 9.99. The number of carboxylic acid groups (broad SMARTS) is 1. The predicted octanol–water partition coefficient (Wildman–Crippen LogP) is 2.92. The summed E-state index contributed by atoms with van der Waals surface area (Å²) in [4.78, 5) is 24.6. The first-order valence-corrected chi connectivity index (χ1v) is 6.62. The first kappa shape index (κ1) is 18.5. The summed E-state index contributed by atoms with van der Waals surface area (Å²) in [5, 5.41) is 17.9. The molecule has 1 amide bonds. The Kier molecular flexibility index (Phi) is 5.38. The topological polar surface area (TPSA) is 81.4 Å². The third kappa shape index (κ3) is 4.00. The molecule has 0 unspecified atom stereocenters. The summed E-state index contributed by atoms with van der Waals surface area (Å²) >= 11 is 0. The van der Waals surface area contributed by atoms with Crippen LogP contribution in [0, 0.1) is 11.3 Å². The second-order valence-corrected chi connectivity index (χ2v) is 5.27. The normalized spacial score (nSPS) is 11.7. The minimum atomic E-state index is -4.75. The smallest absolute Gasteiger partial charge is 0.417 e. The molecule has 1 rings (SSSR count). The van der Waals surface area contributed by atoms with Crippen LogP contribution in [-0.2, 0) is 11.0 Å². The molecule has 1 N–H and O–H groups in total. The number of rotatable bonds is 5. The van der Waals surface area contributed by atoms with Crippen LogP contribution >= 0.6 is 0 Å². The van der Waals surface area contributed by atoms with Crippen molar-refractivity contribution < 1.29 is 27.9 Å². The molecule has 0 aromatic heterocycles. The molecule has 0 aliphatic carbocycles. The molecule has 0 fully saturated rings. The summed E-state index contributed by atoms with van der Waals surface area (Å²) in [6, 6.07) is 5.90. The van der Waals surface area contributed by atoms with Crippen LogP contribution in [0.25, 0.3) is 0 Å². The Hall–Kier alpha value is -2.56. The molecular weight excluding hydrogens is 313 g/mol. The average Bonchev–Trinajstić information content (AvgIpc) is 2.46. The van der Waals surface area contributed by atoms with Gasteiger partial charge in [-0.15, -0.1) is 0 Å². The van der Waals surface area contributed by atoms with E-state index in [-0.39, 0.29) is 13.0 Å². The number of carboxylic acids is 1. The van der Waals surface area contributed by atoms with Crippen LogP contribution in [0.3, 0.4) is 0 Å². The molecule has 1 aromatic rings. The number of nitrogens with zero attached hydrogens (tertiary/aromatic N) is 2. The van der Waals surface area contributed by atoms with E-state index in [0.717, 1.165) is 23.1 Å². The van der Waals surface area contributed by atoms with Gasteiger partial charge in [0.2, 0.25) is 0 Å². The largest absolute Gasteiger partial charge is 0.480 e. The Morgan fingerprint density at radius 2 is 1.83 bits per heavy atom. The Labute approximate surface area is 130 Å². The molecule has 0 bridgehead atoms. The molecule has 0 radical (unpaired) electrons. The van der Waals surface area contributed by atoms with Gasteiger partial charge in [-0.1, -0.05) is 12.1 Å². The maximum absolute atomic E-state index is 13.0. The van der Waals surface area contributed by atoms with Gasteiger partial charge in [0.15, 0.2) is 0 Å². The molecule has 0 saturated heterocycles. The van der Waals surface area contributed by atoms with Gasteiger partial charge in [-0.3, -0.25) is 4.79 Å². The first-order chi connectivity index (χ1) is 10.5. The van der Waals surface area contributed by atoms with Gasteiger partial charge in [-0.2, -0.15) is 18.4 Å². The Morgan fingerprint density at radius 3 is 2.30 bits per heavy atom. The quantitative estimate of drug-likeness (QED) is 0.901. The summed E-state index contributed by atoms with van der Waals surface area (Å²) in [6.45, 7) is 2.10. The number of alkyl halides is 3. The van der Waals surface area contributed by atoms with Crippen molar-refractivity contribution in [3.63, 3.8) is 0 Å². The summed E-state index contributed by atoms with van der Waals surface area (Å²) < 4.78 is 39.1. The number of hydrogen-bond acceptors (Lipinski definition) is 3. The molecule has 23 heavy (non-hydrogen) atoms. The highest BCUT2D eigenvalue weighted by atomic mass is 19.4. The van der Waals surface area contributed by atoms with Crippen molar-refractivity contribution in [2.45, 2.75) is 32.0 Å². The van der Waals surface area contributed by atoms with Gasteiger partial charge in [0.05, 0.1) is 23.6 Å². The van der Waals surface area contributed by atoms with Crippen molar-refractivity contribution in [3.8, 4) is 6.07 Å². The number of nitriles is 1. The maximum Gasteiger partial charge on any atom is 0.417 e. The zero-order chi connectivity index (χ0) is 17.8. The van der Waals surface area contributed by atoms with E-state index in [4.69, 9.17) is 5.26 Å². The van der Waals surface area contributed by atoms with E-state index in [1.807, 2.05) is 0 Å². The predicted molar refractivity (Wildman–Crippen MR) is 74.4 cm³/mol. The second-order valence-electron chi connectivity index (χ2n) is 5.27. The molecule has 124 valence electrons. The molecule has 1 aromatic carbocycles. The zero-order valence-electron chi connectivity index (χ0n) is 12.5. The van der Waals surface area contributed by atoms with Crippen LogP contribution in [0.5, 0.6) is 0 Å². The third-order valence-electron chi connectivity index (χ3n) is 3.35. The van der Waals surface area contributed by atoms with Gasteiger partial charge < -0.3 is 10.0 Å². The second kappa shape index (κ2) is 6.69. The van der Waals surface area contributed by atoms with E-state index in [1.54, 1.807) is 6.07 Å². The van der Waals surface area contributed by atoms with Gasteiger partial charge in [0, 0.05) is 6.54 Å². The van der Waals surface area contributed by atoms with Crippen LogP contribution in [0.1, 0.15) is 36.2 Å². The number of hydrogen-bond donors (Lipinski definition) is 1. The standard InChI is InChI=1S/C15H15F3N2O3/c1-14(2,13(22)23)20(9-5-8-19)12(21)10-6-3-4-7-11(10)15(16,17)18/h3-4,6-7H,5,9H2,1-2H3,(H,22,23). The highest BCUT2D eigenvalue weighted by molar-refractivity contribution is 5.99. The highest BCUT2D eigenvalue weighted by Crippen LogP contribution is 2.33. The lowest BCUT2D eigenvalue weighted by Crippen LogP contribution is -2.53. The Morgan fingerprint density at radius 1 is 1.26 bits per heavy atom. The molecule has 5 nitrogen and oxygen atoms in total. The van der Waals surface area contributed by atoms with Gasteiger partial charge in [0.25, 0.3) is 5.91 Å². The van der Waals surface area contributed by atoms with Gasteiger partial charge in [-0.05, 0) is 26.0 Å². The highest BCUT2D eigenvalue weighted by Gasteiger charge is 2.41. The van der Waals surface area contributed by atoms with Crippen molar-refractivity contribution in [1.29, 1.82) is 5.26 Å². The summed E-state index contributed by atoms with van der Waals surface area (Å²) in [5.74, 6) is -2.46. The van der Waals surface area contributed by atoms with Crippen LogP contribution < -0.4 is 0 Å². The summed E-state index contributed by atoms with van der Waals surface area (Å²) in [5.41, 5.74) is -3.55. The molecule has 0 spiro atoms. The number of halogens is 3. The summed E-state index contributed by atoms with van der Waals surface area (Å²) in [6.07, 6.45) is -4.95. The number of carbonyl (C=O) groups is 2. The molecule has 0 atom stereocenters. The van der Waals surface area contributed by atoms with Crippen molar-refractivity contribution >= 4 is 11.9 Å². The van der Waals surface area contributed by atoms with Crippen LogP contribution in [-0.4, -0.2) is 34.0 Å². The van der Waals surface area contributed by atoms with Gasteiger partial charge in [0.1, 0.15) is 5.54 Å². The fraction of sp³-hybridized carbons (Fsp3) is 0.400. The minimum absolute atomic E-state index is 0.198. The van der Waals surface area contributed by atoms with Crippen molar-refractivity contribution in [2.75, 3.05) is 6.54 Å². The van der Waals surface area contributed by atoms with Crippen LogP contribution in [0.2, 0.25) is 0 Å². The fourth-order valence-corrected chi connectivity index (χ4v) is 1.97. The SMILES string of the molecule is CC(C)(C(=O)O)N(CCC#N)C(=O)c1ccccc1C(F)(F)F. The van der Waals surface area contributed by atoms with E-state index >= 15 is 0 Å². The minimum Gasteiger partial charge on any atom is -0.480 e. The van der Waals surface area contributed by atoms with E-state index in [2.05, 4.69) is 0 Å². The monoisotopic (exact) mass is 328 g/mol. The van der Waals surface area contributed by atoms with E-state index in [1.165, 1.54) is 19.9 Å². The Balaban J connectivity index is 3.38. The molecule has 0 aliphatic rings. The van der Waals surface area contributed by atoms with Crippen molar-refractivity contribution in [1.82, 2.24) is 4.90 Å². The molecular formula is C15H15F3N2O3. The molecule has 0 saturated carbocycles. The van der Waals surface area contributed by atoms with E-state index < -0.39 is 34.7 Å². The van der Waals surface area contributed by atoms with Crippen molar-refractivity contribution in [3.05, 3.63) is 35.4 Å². The van der Waals surface area contributed by atoms with Crippen LogP contribution in [0.4, 0.5) is 13.2 Å². The Bertz CT molecular complexity index is 648. The van der Waals surface area contributed by atoms with E-state index in [0.29, 0.717) is 0 Å². The maximum atomic E-state index is 13.0. The van der Waals surface area contributed by atoms with Gasteiger partial charge >= 0.3 is 12.1 Å². The first-order valence-electron chi connectivity index (χ1n) is 6.62. The molecule has 8 heteroatoms. The number of amides is 1. The average molecular weight is 328 g/mol. The number of benzene rings is 1. The number of carbonyl (C=O) groups excluding carboxylic acids is 1. The van der Waals surface area contributed by atoms with E-state index in [9.17, 15) is 27.9 Å². The molecule has 0 heterocycles. The zero-order valence-corrected chi connectivity index (χ0v) is 12.5. The van der Waals surface area contributed by atoms with Gasteiger partial charge in [-0.25, -0.2) is 4.79 Å². The van der Waals surface area contributed by atoms with Crippen molar-refractivity contribution in [2.24, 2.45) is 0 Å². The summed E-state index contributed by atoms with van der Waals surface area (Å²) in [7, 11) is 0. The lowest BCUT2D eigenvalue weighted by Gasteiger charge is -2.35. The third-order valence-corrected chi connectivity index (χ3v) is 3.35. The van der Waals surface area contributed by atoms with Crippen LogP contribution in [0.15, 0.2) is 24.3 Å².